The predicted molar refractivity (Wildman–Crippen MR) is 63.5 cm³/mol. The van der Waals surface area contributed by atoms with Crippen LogP contribution in [0.15, 0.2) is 0 Å². The normalized spacial score (nSPS) is 48.2. The van der Waals surface area contributed by atoms with Crippen LogP contribution in [0.3, 0.4) is 0 Å². The molecule has 3 aliphatic rings. The number of ether oxygens (including phenoxy) is 1. The van der Waals surface area contributed by atoms with E-state index < -0.39 is 23.1 Å². The first-order chi connectivity index (χ1) is 9.31. The van der Waals surface area contributed by atoms with Crippen molar-refractivity contribution in [1.29, 1.82) is 5.26 Å². The highest BCUT2D eigenvalue weighted by atomic mass is 19.4. The fourth-order valence-electron chi connectivity index (χ4n) is 4.29. The second-order valence-corrected chi connectivity index (χ2v) is 6.46. The Morgan fingerprint density at radius 1 is 1.15 bits per heavy atom. The van der Waals surface area contributed by atoms with Gasteiger partial charge in [0.15, 0.2) is 0 Å². The predicted octanol–water partition coefficient (Wildman–Crippen LogP) is 2.93. The van der Waals surface area contributed by atoms with Crippen LogP contribution >= 0.6 is 0 Å². The molecule has 3 unspecified atom stereocenters. The Bertz CT molecular complexity index is 437. The molecular weight excluding hydrogens is 271 g/mol. The van der Waals surface area contributed by atoms with Crippen molar-refractivity contribution in [1.82, 2.24) is 0 Å². The number of nitriles is 1. The minimum atomic E-state index is -4.20. The quantitative estimate of drug-likeness (QED) is 0.807. The summed E-state index contributed by atoms with van der Waals surface area (Å²) in [5.41, 5.74) is -2.34. The van der Waals surface area contributed by atoms with E-state index in [2.05, 4.69) is 6.07 Å². The van der Waals surface area contributed by atoms with Crippen molar-refractivity contribution in [2.45, 2.75) is 68.9 Å². The molecule has 0 aromatic carbocycles. The van der Waals surface area contributed by atoms with Crippen LogP contribution in [-0.4, -0.2) is 29.1 Å². The summed E-state index contributed by atoms with van der Waals surface area (Å²) in [6, 6.07) is 2.22. The van der Waals surface area contributed by atoms with Crippen LogP contribution in [0, 0.1) is 22.7 Å². The van der Waals surface area contributed by atoms with Crippen molar-refractivity contribution in [3.8, 4) is 6.07 Å². The second kappa shape index (κ2) is 4.35. The molecule has 2 bridgehead atoms. The molecule has 1 aliphatic carbocycles. The Morgan fingerprint density at radius 2 is 1.80 bits per heavy atom. The van der Waals surface area contributed by atoms with Gasteiger partial charge in [-0.1, -0.05) is 0 Å². The van der Waals surface area contributed by atoms with Crippen molar-refractivity contribution in [3.63, 3.8) is 0 Å². The molecule has 112 valence electrons. The summed E-state index contributed by atoms with van der Waals surface area (Å²) in [5.74, 6) is -1.35. The molecule has 2 saturated heterocycles. The standard InChI is InChI=1S/C14H18F3NO2/c15-14(16,17)9-3-5-13(19,6-4-9)12(8-18)7-10-1-2-11(12)20-10/h9-11,19H,1-7H2. The maximum atomic E-state index is 12.7. The van der Waals surface area contributed by atoms with Crippen molar-refractivity contribution in [3.05, 3.63) is 0 Å². The van der Waals surface area contributed by atoms with Gasteiger partial charge in [-0.05, 0) is 44.9 Å². The largest absolute Gasteiger partial charge is 0.391 e. The van der Waals surface area contributed by atoms with E-state index in [4.69, 9.17) is 4.74 Å². The molecule has 1 N–H and O–H groups in total. The summed E-state index contributed by atoms with van der Waals surface area (Å²) < 4.78 is 43.9. The summed E-state index contributed by atoms with van der Waals surface area (Å²) in [6.07, 6.45) is -2.57. The molecule has 2 heterocycles. The molecule has 20 heavy (non-hydrogen) atoms. The second-order valence-electron chi connectivity index (χ2n) is 6.46. The lowest BCUT2D eigenvalue weighted by Crippen LogP contribution is -2.55. The van der Waals surface area contributed by atoms with Crippen LogP contribution in [0.2, 0.25) is 0 Å². The Morgan fingerprint density at radius 3 is 2.20 bits per heavy atom. The van der Waals surface area contributed by atoms with Crippen molar-refractivity contribution in [2.24, 2.45) is 11.3 Å². The van der Waals surface area contributed by atoms with E-state index in [1.807, 2.05) is 0 Å². The van der Waals surface area contributed by atoms with Gasteiger partial charge in [0.05, 0.1) is 29.8 Å². The average Bonchev–Trinajstić information content (AvgIpc) is 2.98. The van der Waals surface area contributed by atoms with Crippen LogP contribution in [0.4, 0.5) is 13.2 Å². The zero-order valence-electron chi connectivity index (χ0n) is 11.1. The van der Waals surface area contributed by atoms with Gasteiger partial charge in [-0.3, -0.25) is 0 Å². The van der Waals surface area contributed by atoms with Gasteiger partial charge >= 0.3 is 6.18 Å². The zero-order valence-corrected chi connectivity index (χ0v) is 11.1. The van der Waals surface area contributed by atoms with E-state index in [1.54, 1.807) is 0 Å². The summed E-state index contributed by atoms with van der Waals surface area (Å²) in [5, 5.41) is 20.4. The third-order valence-corrected chi connectivity index (χ3v) is 5.51. The number of aliphatic hydroxyl groups is 1. The molecule has 1 saturated carbocycles. The van der Waals surface area contributed by atoms with E-state index in [-0.39, 0.29) is 37.9 Å². The molecule has 3 rings (SSSR count). The van der Waals surface area contributed by atoms with E-state index in [0.717, 1.165) is 12.8 Å². The minimum Gasteiger partial charge on any atom is -0.388 e. The molecule has 2 aliphatic heterocycles. The summed E-state index contributed by atoms with van der Waals surface area (Å²) in [6.45, 7) is 0. The number of hydrogen-bond donors (Lipinski definition) is 1. The molecular formula is C14H18F3NO2. The van der Waals surface area contributed by atoms with Crippen LogP contribution in [0.5, 0.6) is 0 Å². The molecule has 0 amide bonds. The number of halogens is 3. The Hall–Kier alpha value is -0.800. The molecule has 0 aromatic heterocycles. The van der Waals surface area contributed by atoms with Crippen LogP contribution in [0.1, 0.15) is 44.9 Å². The number of hydrogen-bond acceptors (Lipinski definition) is 3. The van der Waals surface area contributed by atoms with E-state index >= 15 is 0 Å². The van der Waals surface area contributed by atoms with Crippen molar-refractivity contribution < 1.29 is 23.0 Å². The van der Waals surface area contributed by atoms with Gasteiger partial charge in [-0.25, -0.2) is 0 Å². The number of nitrogens with zero attached hydrogens (tertiary/aromatic N) is 1. The van der Waals surface area contributed by atoms with Crippen LogP contribution < -0.4 is 0 Å². The van der Waals surface area contributed by atoms with Gasteiger partial charge < -0.3 is 9.84 Å². The van der Waals surface area contributed by atoms with Gasteiger partial charge in [0.1, 0.15) is 5.41 Å². The Balaban J connectivity index is 1.79. The fraction of sp³-hybridized carbons (Fsp3) is 0.929. The molecule has 0 radical (unpaired) electrons. The highest BCUT2D eigenvalue weighted by molar-refractivity contribution is 5.21. The third kappa shape index (κ3) is 1.86. The van der Waals surface area contributed by atoms with Gasteiger partial charge in [0.25, 0.3) is 0 Å². The van der Waals surface area contributed by atoms with E-state index in [0.29, 0.717) is 6.42 Å². The van der Waals surface area contributed by atoms with Gasteiger partial charge in [-0.2, -0.15) is 18.4 Å². The molecule has 3 nitrogen and oxygen atoms in total. The van der Waals surface area contributed by atoms with E-state index in [9.17, 15) is 23.5 Å². The van der Waals surface area contributed by atoms with E-state index in [1.165, 1.54) is 0 Å². The molecule has 3 atom stereocenters. The lowest BCUT2D eigenvalue weighted by Gasteiger charge is -2.47. The molecule has 6 heteroatoms. The maximum absolute atomic E-state index is 12.7. The topological polar surface area (TPSA) is 53.2 Å². The Labute approximate surface area is 115 Å². The van der Waals surface area contributed by atoms with Gasteiger partial charge in [-0.15, -0.1) is 0 Å². The highest BCUT2D eigenvalue weighted by Gasteiger charge is 2.64. The Kier molecular flexibility index (Phi) is 3.07. The highest BCUT2D eigenvalue weighted by Crippen LogP contribution is 2.58. The van der Waals surface area contributed by atoms with Crippen molar-refractivity contribution in [2.75, 3.05) is 0 Å². The number of rotatable bonds is 1. The van der Waals surface area contributed by atoms with Gasteiger partial charge in [0, 0.05) is 0 Å². The van der Waals surface area contributed by atoms with Crippen molar-refractivity contribution >= 4 is 0 Å². The summed E-state index contributed by atoms with van der Waals surface area (Å²) in [4.78, 5) is 0. The lowest BCUT2D eigenvalue weighted by atomic mass is 9.58. The SMILES string of the molecule is N#CC1(C2(O)CCC(C(F)(F)F)CC2)CC2CCC1O2. The first-order valence-corrected chi connectivity index (χ1v) is 7.16. The smallest absolute Gasteiger partial charge is 0.388 e. The fourth-order valence-corrected chi connectivity index (χ4v) is 4.29. The molecule has 0 spiro atoms. The monoisotopic (exact) mass is 289 g/mol. The number of alkyl halides is 3. The lowest BCUT2D eigenvalue weighted by molar-refractivity contribution is -0.202. The third-order valence-electron chi connectivity index (χ3n) is 5.51. The molecule has 3 fully saturated rings. The zero-order chi connectivity index (χ0) is 14.6. The van der Waals surface area contributed by atoms with Gasteiger partial charge in [0.2, 0.25) is 0 Å². The molecule has 0 aromatic rings. The average molecular weight is 289 g/mol. The minimum absolute atomic E-state index is 0.0102. The maximum Gasteiger partial charge on any atom is 0.391 e. The van der Waals surface area contributed by atoms with Crippen LogP contribution in [0.25, 0.3) is 0 Å². The summed E-state index contributed by atoms with van der Waals surface area (Å²) >= 11 is 0. The number of fused-ring (bicyclic) bond motifs is 2. The summed E-state index contributed by atoms with van der Waals surface area (Å²) in [7, 11) is 0. The first kappa shape index (κ1) is 14.2. The van der Waals surface area contributed by atoms with Crippen LogP contribution in [-0.2, 0) is 4.74 Å². The first-order valence-electron chi connectivity index (χ1n) is 7.16.